The van der Waals surface area contributed by atoms with E-state index in [-0.39, 0.29) is 12.1 Å². The Kier molecular flexibility index (Phi) is 6.20. The molecule has 1 fully saturated rings. The van der Waals surface area contributed by atoms with Gasteiger partial charge in [-0.25, -0.2) is 0 Å². The molecule has 0 radical (unpaired) electrons. The van der Waals surface area contributed by atoms with Crippen LogP contribution in [0.5, 0.6) is 0 Å². The Morgan fingerprint density at radius 3 is 2.48 bits per heavy atom. The second kappa shape index (κ2) is 9.41. The van der Waals surface area contributed by atoms with Gasteiger partial charge in [0.2, 0.25) is 0 Å². The van der Waals surface area contributed by atoms with E-state index in [1.807, 2.05) is 30.5 Å². The van der Waals surface area contributed by atoms with Gasteiger partial charge in [0, 0.05) is 16.8 Å². The normalized spacial score (nSPS) is 17.9. The maximum absolute atomic E-state index is 6.39. The SMILES string of the molecule is CCc1ccc(N2C(=S)N[C@@H](c3ccccn3)[C@H]2c2ccc(Sc3ccc(C)cc3)o2)cc1. The first-order valence-corrected chi connectivity index (χ1v) is 12.3. The highest BCUT2D eigenvalue weighted by Crippen LogP contribution is 2.43. The van der Waals surface area contributed by atoms with Crippen LogP contribution in [0.2, 0.25) is 0 Å². The van der Waals surface area contributed by atoms with Crippen LogP contribution in [-0.4, -0.2) is 10.1 Å². The Morgan fingerprint density at radius 1 is 1.00 bits per heavy atom. The fourth-order valence-corrected chi connectivity index (χ4v) is 5.21. The van der Waals surface area contributed by atoms with Crippen LogP contribution < -0.4 is 10.2 Å². The molecule has 1 aliphatic heterocycles. The predicted molar refractivity (Wildman–Crippen MR) is 138 cm³/mol. The minimum Gasteiger partial charge on any atom is -0.452 e. The number of thiocarbonyl (C=S) groups is 1. The Bertz CT molecular complexity index is 1240. The van der Waals surface area contributed by atoms with Gasteiger partial charge < -0.3 is 14.6 Å². The van der Waals surface area contributed by atoms with Crippen LogP contribution in [0.1, 0.15) is 41.6 Å². The number of anilines is 1. The van der Waals surface area contributed by atoms with Crippen LogP contribution >= 0.6 is 24.0 Å². The van der Waals surface area contributed by atoms with Crippen LogP contribution in [0.4, 0.5) is 5.69 Å². The summed E-state index contributed by atoms with van der Waals surface area (Å²) >= 11 is 7.42. The van der Waals surface area contributed by atoms with Crippen molar-refractivity contribution < 1.29 is 4.42 Å². The molecule has 0 spiro atoms. The van der Waals surface area contributed by atoms with Crippen molar-refractivity contribution in [1.82, 2.24) is 10.3 Å². The lowest BCUT2D eigenvalue weighted by molar-refractivity contribution is 0.383. The number of aromatic nitrogens is 1. The molecule has 5 rings (SSSR count). The molecule has 2 aromatic heterocycles. The summed E-state index contributed by atoms with van der Waals surface area (Å²) in [6.07, 6.45) is 2.82. The molecule has 4 nitrogen and oxygen atoms in total. The molecular formula is C27H25N3OS2. The molecule has 1 saturated heterocycles. The van der Waals surface area contributed by atoms with Crippen molar-refractivity contribution in [2.75, 3.05) is 4.90 Å². The highest BCUT2D eigenvalue weighted by atomic mass is 32.2. The Hall–Kier alpha value is -3.09. The lowest BCUT2D eigenvalue weighted by Crippen LogP contribution is -2.29. The molecule has 0 amide bonds. The quantitative estimate of drug-likeness (QED) is 0.309. The third-order valence-corrected chi connectivity index (χ3v) is 7.10. The van der Waals surface area contributed by atoms with Gasteiger partial charge in [-0.2, -0.15) is 0 Å². The first kappa shape index (κ1) is 21.7. The molecule has 1 N–H and O–H groups in total. The molecule has 4 aromatic rings. The van der Waals surface area contributed by atoms with Gasteiger partial charge in [0.05, 0.1) is 11.7 Å². The summed E-state index contributed by atoms with van der Waals surface area (Å²) in [4.78, 5) is 7.91. The minimum atomic E-state index is -0.146. The van der Waals surface area contributed by atoms with E-state index in [9.17, 15) is 0 Å². The van der Waals surface area contributed by atoms with Gasteiger partial charge in [-0.1, -0.05) is 54.6 Å². The fraction of sp³-hybridized carbons (Fsp3) is 0.185. The summed E-state index contributed by atoms with van der Waals surface area (Å²) < 4.78 is 6.39. The van der Waals surface area contributed by atoms with E-state index in [4.69, 9.17) is 16.6 Å². The number of rotatable bonds is 6. The number of furan rings is 1. The molecule has 33 heavy (non-hydrogen) atoms. The van der Waals surface area contributed by atoms with Gasteiger partial charge in [-0.05, 0) is 79.7 Å². The summed E-state index contributed by atoms with van der Waals surface area (Å²) in [5.41, 5.74) is 4.51. The third-order valence-electron chi connectivity index (χ3n) is 5.85. The van der Waals surface area contributed by atoms with Gasteiger partial charge in [0.15, 0.2) is 10.2 Å². The number of nitrogens with zero attached hydrogens (tertiary/aromatic N) is 2. The zero-order valence-electron chi connectivity index (χ0n) is 18.6. The Labute approximate surface area is 204 Å². The number of benzene rings is 2. The summed E-state index contributed by atoms with van der Waals surface area (Å²) in [6, 6.07) is 26.8. The lowest BCUT2D eigenvalue weighted by atomic mass is 10.0. The van der Waals surface area contributed by atoms with Crippen LogP contribution in [0.15, 0.2) is 99.5 Å². The van der Waals surface area contributed by atoms with E-state index < -0.39 is 0 Å². The molecule has 0 aliphatic carbocycles. The highest BCUT2D eigenvalue weighted by molar-refractivity contribution is 7.99. The molecule has 1 aliphatic rings. The van der Waals surface area contributed by atoms with Gasteiger partial charge in [0.25, 0.3) is 0 Å². The molecule has 6 heteroatoms. The van der Waals surface area contributed by atoms with Crippen molar-refractivity contribution in [3.05, 3.63) is 108 Å². The van der Waals surface area contributed by atoms with Crippen molar-refractivity contribution in [1.29, 1.82) is 0 Å². The van der Waals surface area contributed by atoms with E-state index in [1.165, 1.54) is 11.1 Å². The molecule has 0 unspecified atom stereocenters. The third kappa shape index (κ3) is 4.54. The zero-order chi connectivity index (χ0) is 22.8. The molecule has 166 valence electrons. The van der Waals surface area contributed by atoms with E-state index >= 15 is 0 Å². The summed E-state index contributed by atoms with van der Waals surface area (Å²) in [5.74, 6) is 0.854. The van der Waals surface area contributed by atoms with E-state index in [0.29, 0.717) is 5.11 Å². The number of nitrogens with one attached hydrogen (secondary N) is 1. The maximum Gasteiger partial charge on any atom is 0.174 e. The highest BCUT2D eigenvalue weighted by Gasteiger charge is 2.42. The largest absolute Gasteiger partial charge is 0.452 e. The van der Waals surface area contributed by atoms with E-state index in [2.05, 4.69) is 83.6 Å². The van der Waals surface area contributed by atoms with Crippen LogP contribution in [0.25, 0.3) is 0 Å². The van der Waals surface area contributed by atoms with Gasteiger partial charge in [-0.15, -0.1) is 0 Å². The molecule has 3 heterocycles. The molecule has 2 aromatic carbocycles. The van der Waals surface area contributed by atoms with Crippen LogP contribution in [-0.2, 0) is 6.42 Å². The van der Waals surface area contributed by atoms with Gasteiger partial charge in [0.1, 0.15) is 11.8 Å². The molecule has 0 bridgehead atoms. The first-order chi connectivity index (χ1) is 16.1. The zero-order valence-corrected chi connectivity index (χ0v) is 20.2. The van der Waals surface area contributed by atoms with Crippen LogP contribution in [0.3, 0.4) is 0 Å². The van der Waals surface area contributed by atoms with E-state index in [1.54, 1.807) is 11.8 Å². The molecule has 0 saturated carbocycles. The Balaban J connectivity index is 1.51. The standard InChI is InChI=1S/C27H25N3OS2/c1-3-19-9-11-20(12-10-19)30-26(25(29-27(30)32)22-6-4-5-17-28-22)23-15-16-24(31-23)33-21-13-7-18(2)8-14-21/h4-17,25-26H,3H2,1-2H3,(H,29,32)/t25-,26+/m0/s1. The van der Waals surface area contributed by atoms with Crippen LogP contribution in [0, 0.1) is 6.92 Å². The number of aryl methyl sites for hydroxylation is 2. The lowest BCUT2D eigenvalue weighted by Gasteiger charge is -2.26. The summed E-state index contributed by atoms with van der Waals surface area (Å²) in [6.45, 7) is 4.25. The van der Waals surface area contributed by atoms with Crippen molar-refractivity contribution in [3.63, 3.8) is 0 Å². The van der Waals surface area contributed by atoms with Crippen molar-refractivity contribution in [3.8, 4) is 0 Å². The average Bonchev–Trinajstić information content (AvgIpc) is 3.45. The second-order valence-electron chi connectivity index (χ2n) is 8.09. The molecule has 2 atom stereocenters. The predicted octanol–water partition coefficient (Wildman–Crippen LogP) is 6.87. The van der Waals surface area contributed by atoms with Gasteiger partial charge in [-0.3, -0.25) is 4.98 Å². The monoisotopic (exact) mass is 471 g/mol. The number of pyridine rings is 1. The van der Waals surface area contributed by atoms with E-state index in [0.717, 1.165) is 33.6 Å². The number of hydrogen-bond acceptors (Lipinski definition) is 4. The molecular weight excluding hydrogens is 446 g/mol. The number of hydrogen-bond donors (Lipinski definition) is 1. The minimum absolute atomic E-state index is 0.118. The topological polar surface area (TPSA) is 41.3 Å². The first-order valence-electron chi connectivity index (χ1n) is 11.1. The fourth-order valence-electron chi connectivity index (χ4n) is 4.08. The summed E-state index contributed by atoms with van der Waals surface area (Å²) in [7, 11) is 0. The van der Waals surface area contributed by atoms with Crippen molar-refractivity contribution >= 4 is 34.8 Å². The maximum atomic E-state index is 6.39. The second-order valence-corrected chi connectivity index (χ2v) is 9.55. The van der Waals surface area contributed by atoms with Crippen molar-refractivity contribution in [2.24, 2.45) is 0 Å². The Morgan fingerprint density at radius 2 is 1.79 bits per heavy atom. The summed E-state index contributed by atoms with van der Waals surface area (Å²) in [5, 5.41) is 5.01. The van der Waals surface area contributed by atoms with Gasteiger partial charge >= 0.3 is 0 Å². The smallest absolute Gasteiger partial charge is 0.174 e. The van der Waals surface area contributed by atoms with Crippen molar-refractivity contribution in [2.45, 2.75) is 42.3 Å². The average molecular weight is 472 g/mol.